The van der Waals surface area contributed by atoms with Crippen molar-refractivity contribution < 1.29 is 0 Å². The summed E-state index contributed by atoms with van der Waals surface area (Å²) in [7, 11) is 0. The summed E-state index contributed by atoms with van der Waals surface area (Å²) in [4.78, 5) is 0. The van der Waals surface area contributed by atoms with Gasteiger partial charge in [0.15, 0.2) is 0 Å². The average molecular weight is 279 g/mol. The summed E-state index contributed by atoms with van der Waals surface area (Å²) in [6.07, 6.45) is 0. The van der Waals surface area contributed by atoms with E-state index in [-0.39, 0.29) is 0 Å². The van der Waals surface area contributed by atoms with Gasteiger partial charge >= 0.3 is 0 Å². The van der Waals surface area contributed by atoms with Crippen LogP contribution in [0.15, 0.2) is 36.4 Å². The molecular weight excluding hydrogens is 273 g/mol. The lowest BCUT2D eigenvalue weighted by Gasteiger charge is -1.98. The lowest BCUT2D eigenvalue weighted by atomic mass is 10.1. The summed E-state index contributed by atoms with van der Waals surface area (Å²) in [5.41, 5.74) is 0.717. The summed E-state index contributed by atoms with van der Waals surface area (Å²) >= 11 is 2.27. The number of nitrogens with zero attached hydrogens (tertiary/aromatic N) is 1. The molecule has 0 aromatic heterocycles. The molecule has 0 aliphatic rings. The highest BCUT2D eigenvalue weighted by Gasteiger charge is 1.95. The van der Waals surface area contributed by atoms with Crippen molar-refractivity contribution in [3.8, 4) is 6.07 Å². The Bertz CT molecular complexity index is 497. The third-order valence-corrected chi connectivity index (χ3v) is 2.60. The number of halogens is 1. The van der Waals surface area contributed by atoms with Crippen molar-refractivity contribution in [1.82, 2.24) is 0 Å². The monoisotopic (exact) mass is 279 g/mol. The van der Waals surface area contributed by atoms with Crippen LogP contribution in [0, 0.1) is 14.9 Å². The second-order valence-corrected chi connectivity index (χ2v) is 4.06. The van der Waals surface area contributed by atoms with E-state index in [1.54, 1.807) is 0 Å². The van der Waals surface area contributed by atoms with Crippen LogP contribution < -0.4 is 0 Å². The van der Waals surface area contributed by atoms with E-state index in [2.05, 4.69) is 46.9 Å². The average Bonchev–Trinajstić information content (AvgIpc) is 2.16. The van der Waals surface area contributed by atoms with E-state index in [4.69, 9.17) is 5.26 Å². The highest BCUT2D eigenvalue weighted by molar-refractivity contribution is 14.1. The molecule has 0 unspecified atom stereocenters. The van der Waals surface area contributed by atoms with Crippen LogP contribution in [0.3, 0.4) is 0 Å². The minimum absolute atomic E-state index is 0.717. The van der Waals surface area contributed by atoms with Gasteiger partial charge in [0.05, 0.1) is 11.6 Å². The summed E-state index contributed by atoms with van der Waals surface area (Å²) in [5.74, 6) is 0. The first-order valence-corrected chi connectivity index (χ1v) is 4.97. The Balaban J connectivity index is 2.77. The summed E-state index contributed by atoms with van der Waals surface area (Å²) < 4.78 is 1.19. The Kier molecular flexibility index (Phi) is 2.19. The highest BCUT2D eigenvalue weighted by Crippen LogP contribution is 2.18. The zero-order valence-corrected chi connectivity index (χ0v) is 8.95. The molecule has 0 amide bonds. The number of nitriles is 1. The van der Waals surface area contributed by atoms with Crippen LogP contribution in [0.2, 0.25) is 0 Å². The van der Waals surface area contributed by atoms with E-state index in [1.165, 1.54) is 8.96 Å². The molecule has 2 aromatic carbocycles. The van der Waals surface area contributed by atoms with Gasteiger partial charge in [-0.15, -0.1) is 0 Å². The normalized spacial score (nSPS) is 9.85. The number of fused-ring (bicyclic) bond motifs is 1. The predicted molar refractivity (Wildman–Crippen MR) is 61.4 cm³/mol. The fourth-order valence-corrected chi connectivity index (χ4v) is 1.80. The van der Waals surface area contributed by atoms with E-state index in [9.17, 15) is 0 Å². The molecule has 0 bridgehead atoms. The molecule has 2 aromatic rings. The van der Waals surface area contributed by atoms with Crippen LogP contribution in [0.4, 0.5) is 0 Å². The minimum Gasteiger partial charge on any atom is -0.192 e. The molecule has 62 valence electrons. The van der Waals surface area contributed by atoms with E-state index in [0.29, 0.717) is 0 Å². The zero-order chi connectivity index (χ0) is 9.26. The van der Waals surface area contributed by atoms with Crippen LogP contribution >= 0.6 is 22.6 Å². The second-order valence-electron chi connectivity index (χ2n) is 2.82. The van der Waals surface area contributed by atoms with Crippen molar-refractivity contribution >= 4 is 33.4 Å². The summed E-state index contributed by atoms with van der Waals surface area (Å²) in [5, 5.41) is 11.0. The van der Waals surface area contributed by atoms with Crippen LogP contribution in [-0.2, 0) is 0 Å². The minimum atomic E-state index is 0.717. The van der Waals surface area contributed by atoms with Gasteiger partial charge < -0.3 is 0 Å². The molecule has 0 radical (unpaired) electrons. The zero-order valence-electron chi connectivity index (χ0n) is 6.79. The maximum absolute atomic E-state index is 8.71. The standard InChI is InChI=1S/C11H6IN/c12-11-4-3-9-2-1-8(7-13)5-10(9)6-11/h1-6H. The van der Waals surface area contributed by atoms with Crippen molar-refractivity contribution in [3.05, 3.63) is 45.5 Å². The van der Waals surface area contributed by atoms with Gasteiger partial charge in [-0.05, 0) is 57.6 Å². The maximum Gasteiger partial charge on any atom is 0.0991 e. The molecule has 1 nitrogen and oxygen atoms in total. The number of hydrogen-bond donors (Lipinski definition) is 0. The Labute approximate surface area is 90.1 Å². The van der Waals surface area contributed by atoms with E-state index < -0.39 is 0 Å². The van der Waals surface area contributed by atoms with Gasteiger partial charge in [0, 0.05) is 3.57 Å². The Morgan fingerprint density at radius 3 is 2.54 bits per heavy atom. The quantitative estimate of drug-likeness (QED) is 0.679. The summed E-state index contributed by atoms with van der Waals surface area (Å²) in [6.45, 7) is 0. The van der Waals surface area contributed by atoms with Crippen LogP contribution in [0.25, 0.3) is 10.8 Å². The Morgan fingerprint density at radius 1 is 1.00 bits per heavy atom. The first kappa shape index (κ1) is 8.52. The largest absolute Gasteiger partial charge is 0.192 e. The van der Waals surface area contributed by atoms with Crippen LogP contribution in [0.1, 0.15) is 5.56 Å². The van der Waals surface area contributed by atoms with Gasteiger partial charge in [0.1, 0.15) is 0 Å². The third-order valence-electron chi connectivity index (χ3n) is 1.93. The molecule has 0 N–H and O–H groups in total. The molecular formula is C11H6IN. The molecule has 13 heavy (non-hydrogen) atoms. The SMILES string of the molecule is N#Cc1ccc2ccc(I)cc2c1. The number of hydrogen-bond acceptors (Lipinski definition) is 1. The summed E-state index contributed by atoms with van der Waals surface area (Å²) in [6, 6.07) is 14.1. The molecule has 0 spiro atoms. The molecule has 0 fully saturated rings. The van der Waals surface area contributed by atoms with Crippen molar-refractivity contribution in [2.45, 2.75) is 0 Å². The first-order valence-electron chi connectivity index (χ1n) is 3.89. The molecule has 0 saturated heterocycles. The molecule has 0 aliphatic heterocycles. The molecule has 0 heterocycles. The molecule has 0 atom stereocenters. The highest BCUT2D eigenvalue weighted by atomic mass is 127. The predicted octanol–water partition coefficient (Wildman–Crippen LogP) is 3.32. The second kappa shape index (κ2) is 3.35. The molecule has 0 aliphatic carbocycles. The maximum atomic E-state index is 8.71. The lowest BCUT2D eigenvalue weighted by Crippen LogP contribution is -1.77. The van der Waals surface area contributed by atoms with Crippen LogP contribution in [0.5, 0.6) is 0 Å². The Morgan fingerprint density at radius 2 is 1.77 bits per heavy atom. The topological polar surface area (TPSA) is 23.8 Å². The molecule has 2 rings (SSSR count). The van der Waals surface area contributed by atoms with Gasteiger partial charge in [-0.25, -0.2) is 0 Å². The van der Waals surface area contributed by atoms with Crippen molar-refractivity contribution in [2.24, 2.45) is 0 Å². The first-order chi connectivity index (χ1) is 6.29. The van der Waals surface area contributed by atoms with Crippen molar-refractivity contribution in [2.75, 3.05) is 0 Å². The van der Waals surface area contributed by atoms with E-state index >= 15 is 0 Å². The number of rotatable bonds is 0. The smallest absolute Gasteiger partial charge is 0.0991 e. The third kappa shape index (κ3) is 1.65. The van der Waals surface area contributed by atoms with Gasteiger partial charge in [0.25, 0.3) is 0 Å². The van der Waals surface area contributed by atoms with E-state index in [0.717, 1.165) is 10.9 Å². The van der Waals surface area contributed by atoms with E-state index in [1.807, 2.05) is 18.2 Å². The van der Waals surface area contributed by atoms with Gasteiger partial charge in [-0.2, -0.15) is 5.26 Å². The van der Waals surface area contributed by atoms with Crippen molar-refractivity contribution in [1.29, 1.82) is 5.26 Å². The Hall–Kier alpha value is -1.08. The van der Waals surface area contributed by atoms with Crippen LogP contribution in [-0.4, -0.2) is 0 Å². The van der Waals surface area contributed by atoms with Gasteiger partial charge in [-0.3, -0.25) is 0 Å². The van der Waals surface area contributed by atoms with Gasteiger partial charge in [0.2, 0.25) is 0 Å². The van der Waals surface area contributed by atoms with Crippen molar-refractivity contribution in [3.63, 3.8) is 0 Å². The fourth-order valence-electron chi connectivity index (χ4n) is 1.29. The lowest BCUT2D eigenvalue weighted by molar-refractivity contribution is 1.49. The molecule has 0 saturated carbocycles. The van der Waals surface area contributed by atoms with Gasteiger partial charge in [-0.1, -0.05) is 12.1 Å². The number of benzene rings is 2. The fraction of sp³-hybridized carbons (Fsp3) is 0. The molecule has 2 heteroatoms.